The highest BCUT2D eigenvalue weighted by Gasteiger charge is 2.33. The van der Waals surface area contributed by atoms with E-state index in [2.05, 4.69) is 5.32 Å². The third kappa shape index (κ3) is 4.60. The van der Waals surface area contributed by atoms with Crippen molar-refractivity contribution in [1.29, 1.82) is 0 Å². The van der Waals surface area contributed by atoms with Crippen molar-refractivity contribution in [3.05, 3.63) is 42.5 Å². The van der Waals surface area contributed by atoms with Gasteiger partial charge < -0.3 is 34.1 Å². The maximum absolute atomic E-state index is 12.8. The van der Waals surface area contributed by atoms with E-state index in [9.17, 15) is 9.59 Å². The van der Waals surface area contributed by atoms with E-state index in [-0.39, 0.29) is 18.5 Å². The summed E-state index contributed by atoms with van der Waals surface area (Å²) in [5, 5.41) is 2.86. The standard InChI is InChI=1S/C22H25N3O6/c1-28-16-11-15(12-17(13-16)29-2)23-22(27)25-9-7-24(8-10-25)21(26)20-14-30-18-5-3-4-6-19(18)31-20/h3-6,11-13,20H,7-10,14H2,1-2H3,(H,23,27)/t20-/m0/s1. The number of carbonyl (C=O) groups is 2. The van der Waals surface area contributed by atoms with Gasteiger partial charge in [0, 0.05) is 50.1 Å². The van der Waals surface area contributed by atoms with Crippen molar-refractivity contribution in [3.8, 4) is 23.0 Å². The third-order valence-corrected chi connectivity index (χ3v) is 5.27. The van der Waals surface area contributed by atoms with Crippen LogP contribution in [0.15, 0.2) is 42.5 Å². The van der Waals surface area contributed by atoms with E-state index in [1.807, 2.05) is 18.2 Å². The van der Waals surface area contributed by atoms with Crippen LogP contribution in [0.1, 0.15) is 0 Å². The number of anilines is 1. The van der Waals surface area contributed by atoms with Crippen LogP contribution in [0, 0.1) is 0 Å². The van der Waals surface area contributed by atoms with Crippen LogP contribution in [-0.4, -0.2) is 74.8 Å². The van der Waals surface area contributed by atoms with Crippen LogP contribution in [0.3, 0.4) is 0 Å². The predicted molar refractivity (Wildman–Crippen MR) is 113 cm³/mol. The van der Waals surface area contributed by atoms with Crippen molar-refractivity contribution in [3.63, 3.8) is 0 Å². The first kappa shape index (κ1) is 20.6. The molecule has 0 unspecified atom stereocenters. The summed E-state index contributed by atoms with van der Waals surface area (Å²) in [6.45, 7) is 1.87. The molecular formula is C22H25N3O6. The second-order valence-electron chi connectivity index (χ2n) is 7.21. The Kier molecular flexibility index (Phi) is 6.01. The van der Waals surface area contributed by atoms with Crippen LogP contribution in [0.2, 0.25) is 0 Å². The Hall–Kier alpha value is -3.62. The maximum atomic E-state index is 12.8. The Morgan fingerprint density at radius 3 is 2.19 bits per heavy atom. The summed E-state index contributed by atoms with van der Waals surface area (Å²) >= 11 is 0. The summed E-state index contributed by atoms with van der Waals surface area (Å²) in [5.41, 5.74) is 0.575. The van der Waals surface area contributed by atoms with E-state index in [1.54, 1.807) is 48.3 Å². The number of ether oxygens (including phenoxy) is 4. The SMILES string of the molecule is COc1cc(NC(=O)N2CCN(C(=O)[C@@H]3COc4ccccc4O3)CC2)cc(OC)c1. The summed E-state index contributed by atoms with van der Waals surface area (Å²) in [5.74, 6) is 2.25. The number of urea groups is 1. The number of nitrogens with zero attached hydrogens (tertiary/aromatic N) is 2. The number of rotatable bonds is 4. The van der Waals surface area contributed by atoms with Gasteiger partial charge in [-0.2, -0.15) is 0 Å². The number of para-hydroxylation sites is 2. The number of fused-ring (bicyclic) bond motifs is 1. The molecular weight excluding hydrogens is 402 g/mol. The molecule has 0 aromatic heterocycles. The molecule has 0 radical (unpaired) electrons. The molecule has 2 aromatic rings. The summed E-state index contributed by atoms with van der Waals surface area (Å²) in [6.07, 6.45) is -0.681. The first-order valence-corrected chi connectivity index (χ1v) is 10.0. The van der Waals surface area contributed by atoms with Gasteiger partial charge in [-0.3, -0.25) is 4.79 Å². The van der Waals surface area contributed by atoms with Crippen LogP contribution < -0.4 is 24.3 Å². The van der Waals surface area contributed by atoms with E-state index < -0.39 is 6.10 Å². The molecule has 2 heterocycles. The van der Waals surface area contributed by atoms with Crippen LogP contribution >= 0.6 is 0 Å². The normalized spacial score (nSPS) is 17.7. The molecule has 3 amide bonds. The molecule has 2 aromatic carbocycles. The predicted octanol–water partition coefficient (Wildman–Crippen LogP) is 2.22. The van der Waals surface area contributed by atoms with Crippen molar-refractivity contribution in [1.82, 2.24) is 9.80 Å². The van der Waals surface area contributed by atoms with Crippen molar-refractivity contribution >= 4 is 17.6 Å². The fourth-order valence-electron chi connectivity index (χ4n) is 3.56. The number of nitrogens with one attached hydrogen (secondary N) is 1. The molecule has 2 aliphatic rings. The highest BCUT2D eigenvalue weighted by atomic mass is 16.6. The topological polar surface area (TPSA) is 89.6 Å². The zero-order valence-electron chi connectivity index (χ0n) is 17.5. The van der Waals surface area contributed by atoms with E-state index in [0.29, 0.717) is 54.9 Å². The summed E-state index contributed by atoms with van der Waals surface area (Å²) in [4.78, 5) is 28.9. The summed E-state index contributed by atoms with van der Waals surface area (Å²) in [6, 6.07) is 12.2. The second-order valence-corrected chi connectivity index (χ2v) is 7.21. The van der Waals surface area contributed by atoms with Gasteiger partial charge in [0.25, 0.3) is 5.91 Å². The molecule has 2 aliphatic heterocycles. The lowest BCUT2D eigenvalue weighted by Gasteiger charge is -2.37. The molecule has 0 aliphatic carbocycles. The molecule has 0 saturated carbocycles. The minimum atomic E-state index is -0.681. The van der Waals surface area contributed by atoms with Gasteiger partial charge in [-0.25, -0.2) is 4.79 Å². The van der Waals surface area contributed by atoms with Crippen LogP contribution in [0.4, 0.5) is 10.5 Å². The average Bonchev–Trinajstić information content (AvgIpc) is 2.83. The van der Waals surface area contributed by atoms with Crippen LogP contribution in [0.25, 0.3) is 0 Å². The fraction of sp³-hybridized carbons (Fsp3) is 0.364. The Balaban J connectivity index is 1.31. The molecule has 0 bridgehead atoms. The highest BCUT2D eigenvalue weighted by Crippen LogP contribution is 2.31. The van der Waals surface area contributed by atoms with Gasteiger partial charge in [-0.1, -0.05) is 12.1 Å². The smallest absolute Gasteiger partial charge is 0.321 e. The molecule has 4 rings (SSSR count). The van der Waals surface area contributed by atoms with Crippen molar-refractivity contribution < 1.29 is 28.5 Å². The number of benzene rings is 2. The monoisotopic (exact) mass is 427 g/mol. The van der Waals surface area contributed by atoms with Crippen molar-refractivity contribution in [2.45, 2.75) is 6.10 Å². The Bertz CT molecular complexity index is 936. The first-order chi connectivity index (χ1) is 15.1. The van der Waals surface area contributed by atoms with Gasteiger partial charge in [0.1, 0.15) is 18.1 Å². The Morgan fingerprint density at radius 2 is 1.55 bits per heavy atom. The molecule has 1 fully saturated rings. The molecule has 31 heavy (non-hydrogen) atoms. The zero-order chi connectivity index (χ0) is 21.8. The largest absolute Gasteiger partial charge is 0.497 e. The van der Waals surface area contributed by atoms with E-state index in [1.165, 1.54) is 0 Å². The van der Waals surface area contributed by atoms with Crippen LogP contribution in [-0.2, 0) is 4.79 Å². The zero-order valence-corrected chi connectivity index (χ0v) is 17.5. The molecule has 9 nitrogen and oxygen atoms in total. The quantitative estimate of drug-likeness (QED) is 0.805. The maximum Gasteiger partial charge on any atom is 0.321 e. The highest BCUT2D eigenvalue weighted by molar-refractivity contribution is 5.90. The van der Waals surface area contributed by atoms with E-state index >= 15 is 0 Å². The van der Waals surface area contributed by atoms with E-state index in [4.69, 9.17) is 18.9 Å². The van der Waals surface area contributed by atoms with Gasteiger partial charge in [0.05, 0.1) is 14.2 Å². The summed E-state index contributed by atoms with van der Waals surface area (Å²) in [7, 11) is 3.10. The minimum Gasteiger partial charge on any atom is -0.497 e. The number of methoxy groups -OCH3 is 2. The Labute approximate surface area is 180 Å². The molecule has 1 saturated heterocycles. The molecule has 1 N–H and O–H groups in total. The third-order valence-electron chi connectivity index (χ3n) is 5.27. The lowest BCUT2D eigenvalue weighted by Crippen LogP contribution is -2.55. The molecule has 9 heteroatoms. The summed E-state index contributed by atoms with van der Waals surface area (Å²) < 4.78 is 21.9. The molecule has 164 valence electrons. The van der Waals surface area contributed by atoms with Gasteiger partial charge in [0.2, 0.25) is 6.10 Å². The average molecular weight is 427 g/mol. The first-order valence-electron chi connectivity index (χ1n) is 10.0. The number of amides is 3. The lowest BCUT2D eigenvalue weighted by atomic mass is 10.2. The number of hydrogen-bond donors (Lipinski definition) is 1. The molecule has 0 spiro atoms. The number of hydrogen-bond acceptors (Lipinski definition) is 6. The fourth-order valence-corrected chi connectivity index (χ4v) is 3.56. The van der Waals surface area contributed by atoms with Crippen molar-refractivity contribution in [2.75, 3.05) is 52.3 Å². The van der Waals surface area contributed by atoms with Gasteiger partial charge >= 0.3 is 6.03 Å². The number of carbonyl (C=O) groups excluding carboxylic acids is 2. The second kappa shape index (κ2) is 9.03. The lowest BCUT2D eigenvalue weighted by molar-refractivity contribution is -0.142. The van der Waals surface area contributed by atoms with Gasteiger partial charge in [0.15, 0.2) is 11.5 Å². The minimum absolute atomic E-state index is 0.132. The van der Waals surface area contributed by atoms with Gasteiger partial charge in [-0.05, 0) is 12.1 Å². The van der Waals surface area contributed by atoms with Crippen LogP contribution in [0.5, 0.6) is 23.0 Å². The van der Waals surface area contributed by atoms with E-state index in [0.717, 1.165) is 0 Å². The van der Waals surface area contributed by atoms with Crippen molar-refractivity contribution in [2.24, 2.45) is 0 Å². The number of piperazine rings is 1. The Morgan fingerprint density at radius 1 is 0.935 bits per heavy atom. The molecule has 1 atom stereocenters. The van der Waals surface area contributed by atoms with Gasteiger partial charge in [-0.15, -0.1) is 0 Å².